The zero-order valence-electron chi connectivity index (χ0n) is 10.0. The normalized spacial score (nSPS) is 19.3. The van der Waals surface area contributed by atoms with E-state index in [2.05, 4.69) is 10.1 Å². The molecule has 94 valence electrons. The fourth-order valence-corrected chi connectivity index (χ4v) is 2.27. The second-order valence-corrected chi connectivity index (χ2v) is 4.83. The Hall–Kier alpha value is -1.39. The summed E-state index contributed by atoms with van der Waals surface area (Å²) in [5, 5.41) is 4.68. The number of hydrogen-bond donors (Lipinski definition) is 0. The second kappa shape index (κ2) is 4.71. The Kier molecular flexibility index (Phi) is 3.06. The van der Waals surface area contributed by atoms with Crippen molar-refractivity contribution in [2.75, 3.05) is 13.2 Å². The molecule has 2 aromatic rings. The molecule has 3 rings (SSSR count). The number of benzene rings is 1. The smallest absolute Gasteiger partial charge is 0.259 e. The molecule has 0 spiro atoms. The highest BCUT2D eigenvalue weighted by atomic mass is 35.5. The van der Waals surface area contributed by atoms with Crippen molar-refractivity contribution in [1.82, 2.24) is 10.1 Å². The van der Waals surface area contributed by atoms with Gasteiger partial charge in [-0.1, -0.05) is 28.9 Å². The lowest BCUT2D eigenvalue weighted by Gasteiger charge is -2.01. The maximum absolute atomic E-state index is 6.24. The number of rotatable bonds is 2. The van der Waals surface area contributed by atoms with Crippen LogP contribution in [0.3, 0.4) is 0 Å². The third kappa shape index (κ3) is 2.02. The molecule has 1 atom stereocenters. The quantitative estimate of drug-likeness (QED) is 0.836. The van der Waals surface area contributed by atoms with E-state index in [0.29, 0.717) is 23.3 Å². The second-order valence-electron chi connectivity index (χ2n) is 4.45. The first-order valence-electron chi connectivity index (χ1n) is 5.92. The van der Waals surface area contributed by atoms with E-state index in [9.17, 15) is 0 Å². The van der Waals surface area contributed by atoms with Crippen LogP contribution in [0.5, 0.6) is 0 Å². The van der Waals surface area contributed by atoms with Gasteiger partial charge in [0, 0.05) is 12.5 Å². The molecule has 0 aliphatic carbocycles. The first-order chi connectivity index (χ1) is 8.75. The number of nitrogens with zero attached hydrogens (tertiary/aromatic N) is 2. The topological polar surface area (TPSA) is 48.2 Å². The van der Waals surface area contributed by atoms with Gasteiger partial charge in [-0.05, 0) is 25.0 Å². The summed E-state index contributed by atoms with van der Waals surface area (Å²) in [6, 6.07) is 5.77. The van der Waals surface area contributed by atoms with Crippen LogP contribution in [0.4, 0.5) is 0 Å². The molecule has 5 heteroatoms. The van der Waals surface area contributed by atoms with E-state index >= 15 is 0 Å². The summed E-state index contributed by atoms with van der Waals surface area (Å²) >= 11 is 6.24. The first-order valence-corrected chi connectivity index (χ1v) is 6.30. The molecule has 2 heterocycles. The highest BCUT2D eigenvalue weighted by molar-refractivity contribution is 6.33. The van der Waals surface area contributed by atoms with Gasteiger partial charge < -0.3 is 9.26 Å². The third-order valence-electron chi connectivity index (χ3n) is 3.16. The molecule has 0 unspecified atom stereocenters. The Labute approximate surface area is 110 Å². The van der Waals surface area contributed by atoms with Gasteiger partial charge in [0.05, 0.1) is 17.2 Å². The van der Waals surface area contributed by atoms with Gasteiger partial charge in [-0.25, -0.2) is 0 Å². The summed E-state index contributed by atoms with van der Waals surface area (Å²) in [4.78, 5) is 4.42. The molecule has 1 aliphatic heterocycles. The van der Waals surface area contributed by atoms with Crippen molar-refractivity contribution in [3.8, 4) is 11.5 Å². The van der Waals surface area contributed by atoms with Crippen LogP contribution in [0.15, 0.2) is 22.7 Å². The van der Waals surface area contributed by atoms with E-state index in [-0.39, 0.29) is 5.92 Å². The van der Waals surface area contributed by atoms with Gasteiger partial charge in [0.15, 0.2) is 5.82 Å². The Morgan fingerprint density at radius 3 is 3.06 bits per heavy atom. The van der Waals surface area contributed by atoms with Crippen LogP contribution in [0.2, 0.25) is 5.02 Å². The Morgan fingerprint density at radius 2 is 2.28 bits per heavy atom. The fraction of sp³-hybridized carbons (Fsp3) is 0.385. The van der Waals surface area contributed by atoms with Gasteiger partial charge in [-0.15, -0.1) is 0 Å². The largest absolute Gasteiger partial charge is 0.381 e. The number of aryl methyl sites for hydroxylation is 1. The predicted octanol–water partition coefficient (Wildman–Crippen LogP) is 3.20. The summed E-state index contributed by atoms with van der Waals surface area (Å²) in [5.74, 6) is 1.43. The average Bonchev–Trinajstić information content (AvgIpc) is 3.01. The standard InChI is InChI=1S/C13H13ClN2O2/c1-8-3-2-4-10(11(8)14)13-15-12(16-18-13)9-5-6-17-7-9/h2-4,9H,5-7H2,1H3/t9-/m0/s1. The molecule has 1 aliphatic rings. The van der Waals surface area contributed by atoms with E-state index in [1.54, 1.807) is 0 Å². The molecule has 1 aromatic carbocycles. The zero-order valence-corrected chi connectivity index (χ0v) is 10.8. The monoisotopic (exact) mass is 264 g/mol. The molecule has 0 N–H and O–H groups in total. The van der Waals surface area contributed by atoms with E-state index in [0.717, 1.165) is 24.2 Å². The van der Waals surface area contributed by atoms with E-state index in [1.165, 1.54) is 0 Å². The van der Waals surface area contributed by atoms with Crippen LogP contribution < -0.4 is 0 Å². The molecule has 1 saturated heterocycles. The summed E-state index contributed by atoms with van der Waals surface area (Å²) in [6.07, 6.45) is 0.945. The highest BCUT2D eigenvalue weighted by Gasteiger charge is 2.24. The highest BCUT2D eigenvalue weighted by Crippen LogP contribution is 2.31. The minimum absolute atomic E-state index is 0.242. The van der Waals surface area contributed by atoms with E-state index in [4.69, 9.17) is 20.9 Å². The number of halogens is 1. The van der Waals surface area contributed by atoms with Crippen molar-refractivity contribution in [2.24, 2.45) is 0 Å². The average molecular weight is 265 g/mol. The summed E-state index contributed by atoms with van der Waals surface area (Å²) in [7, 11) is 0. The summed E-state index contributed by atoms with van der Waals surface area (Å²) < 4.78 is 10.6. The maximum Gasteiger partial charge on any atom is 0.259 e. The van der Waals surface area contributed by atoms with Crippen molar-refractivity contribution >= 4 is 11.6 Å². The van der Waals surface area contributed by atoms with Crippen molar-refractivity contribution in [3.63, 3.8) is 0 Å². The minimum atomic E-state index is 0.242. The Morgan fingerprint density at radius 1 is 1.39 bits per heavy atom. The molecule has 18 heavy (non-hydrogen) atoms. The zero-order chi connectivity index (χ0) is 12.5. The molecule has 1 fully saturated rings. The lowest BCUT2D eigenvalue weighted by Crippen LogP contribution is -1.99. The third-order valence-corrected chi connectivity index (χ3v) is 3.66. The predicted molar refractivity (Wildman–Crippen MR) is 67.7 cm³/mol. The van der Waals surface area contributed by atoms with Gasteiger partial charge >= 0.3 is 0 Å². The SMILES string of the molecule is Cc1cccc(-c2nc([C@H]3CCOC3)no2)c1Cl. The Balaban J connectivity index is 1.95. The van der Waals surface area contributed by atoms with Crippen LogP contribution in [-0.2, 0) is 4.74 Å². The van der Waals surface area contributed by atoms with Crippen molar-refractivity contribution in [3.05, 3.63) is 34.6 Å². The van der Waals surface area contributed by atoms with Crippen LogP contribution in [-0.4, -0.2) is 23.4 Å². The maximum atomic E-state index is 6.24. The molecular formula is C13H13ClN2O2. The molecule has 0 bridgehead atoms. The van der Waals surface area contributed by atoms with E-state index in [1.807, 2.05) is 25.1 Å². The van der Waals surface area contributed by atoms with Crippen LogP contribution in [0.25, 0.3) is 11.5 Å². The van der Waals surface area contributed by atoms with Gasteiger partial charge in [0.2, 0.25) is 0 Å². The first kappa shape index (κ1) is 11.7. The van der Waals surface area contributed by atoms with Crippen LogP contribution in [0, 0.1) is 6.92 Å². The lowest BCUT2D eigenvalue weighted by molar-refractivity contribution is 0.192. The molecule has 1 aromatic heterocycles. The lowest BCUT2D eigenvalue weighted by atomic mass is 10.1. The van der Waals surface area contributed by atoms with Crippen molar-refractivity contribution < 1.29 is 9.26 Å². The fourth-order valence-electron chi connectivity index (χ4n) is 2.06. The number of hydrogen-bond acceptors (Lipinski definition) is 4. The van der Waals surface area contributed by atoms with E-state index < -0.39 is 0 Å². The molecular weight excluding hydrogens is 252 g/mol. The Bertz CT molecular complexity index is 562. The van der Waals surface area contributed by atoms with Crippen LogP contribution in [0.1, 0.15) is 23.7 Å². The minimum Gasteiger partial charge on any atom is -0.381 e. The molecule has 0 amide bonds. The van der Waals surface area contributed by atoms with Gasteiger partial charge in [0.1, 0.15) is 0 Å². The van der Waals surface area contributed by atoms with Gasteiger partial charge in [-0.3, -0.25) is 0 Å². The van der Waals surface area contributed by atoms with Crippen molar-refractivity contribution in [1.29, 1.82) is 0 Å². The van der Waals surface area contributed by atoms with Crippen molar-refractivity contribution in [2.45, 2.75) is 19.3 Å². The summed E-state index contributed by atoms with van der Waals surface area (Å²) in [6.45, 7) is 3.38. The van der Waals surface area contributed by atoms with Crippen LogP contribution >= 0.6 is 11.6 Å². The molecule has 0 saturated carbocycles. The molecule has 0 radical (unpaired) electrons. The van der Waals surface area contributed by atoms with Gasteiger partial charge in [-0.2, -0.15) is 4.98 Å². The van der Waals surface area contributed by atoms with Gasteiger partial charge in [0.25, 0.3) is 5.89 Å². The number of ether oxygens (including phenoxy) is 1. The number of aromatic nitrogens is 2. The summed E-state index contributed by atoms with van der Waals surface area (Å²) in [5.41, 5.74) is 1.78. The molecule has 4 nitrogen and oxygen atoms in total.